The lowest BCUT2D eigenvalue weighted by Gasteiger charge is -1.96. The Balaban J connectivity index is 3.02. The fourth-order valence-electron chi connectivity index (χ4n) is 0.962. The fraction of sp³-hybridized carbons (Fsp3) is 0.300. The third-order valence-corrected chi connectivity index (χ3v) is 1.97. The fourth-order valence-corrected chi connectivity index (χ4v) is 1.07. The van der Waals surface area contributed by atoms with Crippen LogP contribution in [0.15, 0.2) is 12.3 Å². The van der Waals surface area contributed by atoms with Crippen LogP contribution in [0.25, 0.3) is 0 Å². The van der Waals surface area contributed by atoms with Crippen LogP contribution in [0.1, 0.15) is 17.7 Å². The van der Waals surface area contributed by atoms with E-state index in [2.05, 4.69) is 29.5 Å². The van der Waals surface area contributed by atoms with E-state index in [9.17, 15) is 10.1 Å². The Hall–Kier alpha value is -1.54. The molecule has 1 heterocycles. The smallest absolute Gasteiger partial charge is 0.258 e. The van der Waals surface area contributed by atoms with Crippen molar-refractivity contribution in [3.63, 3.8) is 0 Å². The molecule has 4 nitrogen and oxygen atoms in total. The summed E-state index contributed by atoms with van der Waals surface area (Å²) in [6, 6.07) is 1.44. The van der Waals surface area contributed by atoms with Gasteiger partial charge in [0.25, 0.3) is 5.69 Å². The van der Waals surface area contributed by atoms with E-state index in [1.54, 1.807) is 6.92 Å². The molecule has 0 aromatic carbocycles. The summed E-state index contributed by atoms with van der Waals surface area (Å²) in [5, 5.41) is 10.5. The predicted octanol–water partition coefficient (Wildman–Crippen LogP) is 1.97. The van der Waals surface area contributed by atoms with Crippen molar-refractivity contribution < 1.29 is 4.92 Å². The summed E-state index contributed by atoms with van der Waals surface area (Å²) in [6.07, 6.45) is 1.89. The standard InChI is InChI=1S/C10H10N2O2S/c1-8-9(4-2-3-5-15)6-10(7-11-8)12(13)14/h6-7,15H,3,5H2,1H3. The van der Waals surface area contributed by atoms with Gasteiger partial charge in [-0.2, -0.15) is 12.6 Å². The molecule has 0 saturated carbocycles. The second-order valence-electron chi connectivity index (χ2n) is 2.86. The number of thiol groups is 1. The van der Waals surface area contributed by atoms with Gasteiger partial charge in [-0.15, -0.1) is 0 Å². The van der Waals surface area contributed by atoms with E-state index in [0.29, 0.717) is 23.4 Å². The SMILES string of the molecule is Cc1ncc([N+](=O)[O-])cc1C#CCCS. The molecule has 0 radical (unpaired) electrons. The maximum absolute atomic E-state index is 10.5. The molecule has 0 bridgehead atoms. The quantitative estimate of drug-likeness (QED) is 0.360. The van der Waals surface area contributed by atoms with Crippen LogP contribution in [0.4, 0.5) is 5.69 Å². The Bertz CT molecular complexity index is 435. The lowest BCUT2D eigenvalue weighted by atomic mass is 10.2. The highest BCUT2D eigenvalue weighted by Crippen LogP contribution is 2.13. The Kier molecular flexibility index (Phi) is 4.13. The van der Waals surface area contributed by atoms with E-state index in [-0.39, 0.29) is 5.69 Å². The van der Waals surface area contributed by atoms with E-state index in [1.165, 1.54) is 12.3 Å². The van der Waals surface area contributed by atoms with Crippen molar-refractivity contribution in [2.45, 2.75) is 13.3 Å². The van der Waals surface area contributed by atoms with Crippen molar-refractivity contribution in [1.82, 2.24) is 4.98 Å². The van der Waals surface area contributed by atoms with Crippen LogP contribution in [0.3, 0.4) is 0 Å². The minimum Gasteiger partial charge on any atom is -0.258 e. The van der Waals surface area contributed by atoms with E-state index in [1.807, 2.05) is 0 Å². The van der Waals surface area contributed by atoms with Gasteiger partial charge in [-0.1, -0.05) is 11.8 Å². The number of rotatable bonds is 2. The van der Waals surface area contributed by atoms with E-state index < -0.39 is 4.92 Å². The molecular weight excluding hydrogens is 212 g/mol. The first-order valence-corrected chi connectivity index (χ1v) is 4.99. The van der Waals surface area contributed by atoms with Gasteiger partial charge < -0.3 is 0 Å². The summed E-state index contributed by atoms with van der Waals surface area (Å²) in [6.45, 7) is 1.77. The number of nitrogens with zero attached hydrogens (tertiary/aromatic N) is 2. The molecule has 1 rings (SSSR count). The molecule has 0 saturated heterocycles. The van der Waals surface area contributed by atoms with Gasteiger partial charge in [-0.05, 0) is 6.92 Å². The highest BCUT2D eigenvalue weighted by molar-refractivity contribution is 7.80. The zero-order valence-corrected chi connectivity index (χ0v) is 9.12. The van der Waals surface area contributed by atoms with Gasteiger partial charge in [0.2, 0.25) is 0 Å². The second-order valence-corrected chi connectivity index (χ2v) is 3.31. The molecule has 1 aromatic rings. The largest absolute Gasteiger partial charge is 0.288 e. The average molecular weight is 222 g/mol. The highest BCUT2D eigenvalue weighted by Gasteiger charge is 2.07. The van der Waals surface area contributed by atoms with Crippen molar-refractivity contribution in [3.05, 3.63) is 33.6 Å². The van der Waals surface area contributed by atoms with Crippen molar-refractivity contribution in [2.75, 3.05) is 5.75 Å². The zero-order chi connectivity index (χ0) is 11.3. The van der Waals surface area contributed by atoms with Crippen molar-refractivity contribution in [2.24, 2.45) is 0 Å². The van der Waals surface area contributed by atoms with Crippen molar-refractivity contribution in [3.8, 4) is 11.8 Å². The minimum atomic E-state index is -0.476. The third kappa shape index (κ3) is 3.26. The Morgan fingerprint density at radius 1 is 1.67 bits per heavy atom. The first-order chi connectivity index (χ1) is 7.15. The normalized spacial score (nSPS) is 9.20. The first kappa shape index (κ1) is 11.5. The summed E-state index contributed by atoms with van der Waals surface area (Å²) in [7, 11) is 0. The molecule has 0 amide bonds. The average Bonchev–Trinajstić information content (AvgIpc) is 2.20. The van der Waals surface area contributed by atoms with Gasteiger partial charge in [0.05, 0.1) is 16.2 Å². The molecule has 0 atom stereocenters. The monoisotopic (exact) mass is 222 g/mol. The summed E-state index contributed by atoms with van der Waals surface area (Å²) >= 11 is 4.02. The Morgan fingerprint density at radius 3 is 3.00 bits per heavy atom. The van der Waals surface area contributed by atoms with Gasteiger partial charge in [0.1, 0.15) is 6.20 Å². The lowest BCUT2D eigenvalue weighted by Crippen LogP contribution is -1.93. The Labute approximate surface area is 93.3 Å². The minimum absolute atomic E-state index is 0.0317. The number of pyridine rings is 1. The summed E-state index contributed by atoms with van der Waals surface area (Å²) in [5.74, 6) is 6.39. The van der Waals surface area contributed by atoms with Gasteiger partial charge in [-0.25, -0.2) is 0 Å². The number of hydrogen-bond donors (Lipinski definition) is 1. The van der Waals surface area contributed by atoms with Gasteiger partial charge in [-0.3, -0.25) is 15.1 Å². The van der Waals surface area contributed by atoms with Crippen molar-refractivity contribution in [1.29, 1.82) is 0 Å². The maximum atomic E-state index is 10.5. The molecule has 0 aliphatic carbocycles. The molecule has 0 aliphatic rings. The number of aryl methyl sites for hydroxylation is 1. The van der Waals surface area contributed by atoms with Crippen LogP contribution in [0.5, 0.6) is 0 Å². The van der Waals surface area contributed by atoms with Crippen molar-refractivity contribution >= 4 is 18.3 Å². The third-order valence-electron chi connectivity index (χ3n) is 1.74. The second kappa shape index (κ2) is 5.37. The van der Waals surface area contributed by atoms with Gasteiger partial charge >= 0.3 is 0 Å². The molecular formula is C10H10N2O2S. The lowest BCUT2D eigenvalue weighted by molar-refractivity contribution is -0.385. The van der Waals surface area contributed by atoms with Crippen LogP contribution in [-0.4, -0.2) is 15.7 Å². The molecule has 0 spiro atoms. The van der Waals surface area contributed by atoms with Crippen LogP contribution in [-0.2, 0) is 0 Å². The molecule has 0 N–H and O–H groups in total. The molecule has 78 valence electrons. The number of hydrogen-bond acceptors (Lipinski definition) is 4. The molecule has 0 aliphatic heterocycles. The Morgan fingerprint density at radius 2 is 2.40 bits per heavy atom. The number of nitro groups is 1. The first-order valence-electron chi connectivity index (χ1n) is 4.36. The zero-order valence-electron chi connectivity index (χ0n) is 8.23. The van der Waals surface area contributed by atoms with Gasteiger partial charge in [0, 0.05) is 18.2 Å². The number of aromatic nitrogens is 1. The van der Waals surface area contributed by atoms with E-state index in [0.717, 1.165) is 0 Å². The summed E-state index contributed by atoms with van der Waals surface area (Å²) in [4.78, 5) is 13.9. The molecule has 15 heavy (non-hydrogen) atoms. The summed E-state index contributed by atoms with van der Waals surface area (Å²) in [5.41, 5.74) is 1.27. The van der Waals surface area contributed by atoms with Crippen LogP contribution < -0.4 is 0 Å². The highest BCUT2D eigenvalue weighted by atomic mass is 32.1. The predicted molar refractivity (Wildman–Crippen MR) is 61.0 cm³/mol. The molecule has 0 unspecified atom stereocenters. The van der Waals surface area contributed by atoms with Gasteiger partial charge in [0.15, 0.2) is 0 Å². The molecule has 1 aromatic heterocycles. The van der Waals surface area contributed by atoms with Crippen LogP contribution in [0, 0.1) is 28.9 Å². The van der Waals surface area contributed by atoms with E-state index in [4.69, 9.17) is 0 Å². The van der Waals surface area contributed by atoms with E-state index >= 15 is 0 Å². The van der Waals surface area contributed by atoms with Crippen LogP contribution in [0.2, 0.25) is 0 Å². The van der Waals surface area contributed by atoms with Crippen LogP contribution >= 0.6 is 12.6 Å². The topological polar surface area (TPSA) is 56.0 Å². The molecule has 0 fully saturated rings. The summed E-state index contributed by atoms with van der Waals surface area (Å²) < 4.78 is 0. The molecule has 5 heteroatoms. The maximum Gasteiger partial charge on any atom is 0.288 e.